The molecule has 1 fully saturated rings. The SMILES string of the molecule is CNc1snnc1CN1C(=O)C(=O)N(C)C1=O. The van der Waals surface area contributed by atoms with Gasteiger partial charge in [-0.2, -0.15) is 0 Å². The number of urea groups is 1. The summed E-state index contributed by atoms with van der Waals surface area (Å²) in [5, 5.41) is 7.31. The Hall–Kier alpha value is -2.03. The van der Waals surface area contributed by atoms with Crippen molar-refractivity contribution in [1.29, 1.82) is 0 Å². The van der Waals surface area contributed by atoms with E-state index in [1.165, 1.54) is 7.05 Å². The number of hydrogen-bond donors (Lipinski definition) is 1. The van der Waals surface area contributed by atoms with E-state index in [1.807, 2.05) is 0 Å². The molecule has 17 heavy (non-hydrogen) atoms. The van der Waals surface area contributed by atoms with Gasteiger partial charge in [0.15, 0.2) is 0 Å². The van der Waals surface area contributed by atoms with Crippen molar-refractivity contribution in [2.24, 2.45) is 0 Å². The molecule has 0 spiro atoms. The van der Waals surface area contributed by atoms with E-state index in [0.29, 0.717) is 10.7 Å². The Morgan fingerprint density at radius 2 is 2.00 bits per heavy atom. The average molecular weight is 255 g/mol. The van der Waals surface area contributed by atoms with Crippen molar-refractivity contribution in [1.82, 2.24) is 19.4 Å². The fourth-order valence-corrected chi connectivity index (χ4v) is 1.93. The molecule has 1 aromatic heterocycles. The number of nitrogens with one attached hydrogen (secondary N) is 1. The topological polar surface area (TPSA) is 95.5 Å². The zero-order valence-electron chi connectivity index (χ0n) is 9.13. The highest BCUT2D eigenvalue weighted by molar-refractivity contribution is 7.10. The summed E-state index contributed by atoms with van der Waals surface area (Å²) in [6, 6.07) is -0.643. The van der Waals surface area contributed by atoms with Gasteiger partial charge in [0, 0.05) is 25.6 Å². The molecule has 0 unspecified atom stereocenters. The summed E-state index contributed by atoms with van der Waals surface area (Å²) in [5.74, 6) is -1.67. The zero-order valence-corrected chi connectivity index (χ0v) is 9.95. The highest BCUT2D eigenvalue weighted by atomic mass is 32.1. The Kier molecular flexibility index (Phi) is 2.76. The maximum Gasteiger partial charge on any atom is 0.334 e. The third-order valence-corrected chi connectivity index (χ3v) is 3.13. The van der Waals surface area contributed by atoms with Crippen molar-refractivity contribution in [2.45, 2.75) is 6.54 Å². The molecule has 0 saturated carbocycles. The second-order valence-corrected chi connectivity index (χ2v) is 4.09. The predicted molar refractivity (Wildman–Crippen MR) is 58.2 cm³/mol. The molecule has 2 rings (SSSR count). The van der Waals surface area contributed by atoms with Gasteiger partial charge in [0.25, 0.3) is 0 Å². The maximum atomic E-state index is 11.6. The lowest BCUT2D eigenvalue weighted by Crippen LogP contribution is -2.31. The minimum Gasteiger partial charge on any atom is -0.377 e. The number of hydrogen-bond acceptors (Lipinski definition) is 7. The van der Waals surface area contributed by atoms with E-state index in [0.717, 1.165) is 21.3 Å². The number of rotatable bonds is 3. The van der Waals surface area contributed by atoms with Gasteiger partial charge in [0.1, 0.15) is 10.7 Å². The van der Waals surface area contributed by atoms with Crippen LogP contribution >= 0.6 is 11.5 Å². The molecule has 4 amide bonds. The number of aromatic nitrogens is 2. The number of nitrogens with zero attached hydrogens (tertiary/aromatic N) is 4. The van der Waals surface area contributed by atoms with Crippen LogP contribution in [0.25, 0.3) is 0 Å². The Balaban J connectivity index is 2.23. The van der Waals surface area contributed by atoms with Crippen LogP contribution < -0.4 is 5.32 Å². The zero-order chi connectivity index (χ0) is 12.6. The van der Waals surface area contributed by atoms with Gasteiger partial charge in [-0.3, -0.25) is 14.5 Å². The average Bonchev–Trinajstić information content (AvgIpc) is 2.85. The van der Waals surface area contributed by atoms with Gasteiger partial charge in [-0.15, -0.1) is 5.10 Å². The minimum absolute atomic E-state index is 0.0551. The first-order chi connectivity index (χ1) is 8.06. The molecule has 0 atom stereocenters. The number of carbonyl (C=O) groups excluding carboxylic acids is 3. The van der Waals surface area contributed by atoms with Gasteiger partial charge in [-0.05, 0) is 0 Å². The van der Waals surface area contributed by atoms with Crippen LogP contribution in [0.2, 0.25) is 0 Å². The molecule has 0 aliphatic carbocycles. The normalized spacial score (nSPS) is 16.0. The first kappa shape index (κ1) is 11.5. The van der Waals surface area contributed by atoms with Crippen LogP contribution in [-0.4, -0.2) is 51.3 Å². The van der Waals surface area contributed by atoms with Crippen LogP contribution in [0.1, 0.15) is 5.69 Å². The highest BCUT2D eigenvalue weighted by Gasteiger charge is 2.42. The standard InChI is InChI=1S/C8H9N5O3S/c1-9-5-4(10-11-17-5)3-13-7(15)6(14)12(2)8(13)16/h9H,3H2,1-2H3. The highest BCUT2D eigenvalue weighted by Crippen LogP contribution is 2.21. The summed E-state index contributed by atoms with van der Waals surface area (Å²) in [4.78, 5) is 36.0. The molecule has 0 bridgehead atoms. The molecule has 8 nitrogen and oxygen atoms in total. The van der Waals surface area contributed by atoms with Gasteiger partial charge in [-0.1, -0.05) is 4.49 Å². The van der Waals surface area contributed by atoms with Gasteiger partial charge >= 0.3 is 17.8 Å². The monoisotopic (exact) mass is 255 g/mol. The first-order valence-corrected chi connectivity index (χ1v) is 5.46. The van der Waals surface area contributed by atoms with E-state index in [-0.39, 0.29) is 6.54 Å². The fourth-order valence-electron chi connectivity index (χ4n) is 1.40. The van der Waals surface area contributed by atoms with Crippen molar-refractivity contribution in [3.05, 3.63) is 5.69 Å². The predicted octanol–water partition coefficient (Wildman–Crippen LogP) is -0.500. The van der Waals surface area contributed by atoms with Crippen molar-refractivity contribution >= 4 is 34.4 Å². The summed E-state index contributed by atoms with van der Waals surface area (Å²) in [6.45, 7) is -0.0551. The summed E-state index contributed by atoms with van der Waals surface area (Å²) in [7, 11) is 2.95. The summed E-state index contributed by atoms with van der Waals surface area (Å²) in [6.07, 6.45) is 0. The first-order valence-electron chi connectivity index (χ1n) is 4.68. The number of carbonyl (C=O) groups is 3. The van der Waals surface area contributed by atoms with Gasteiger partial charge in [-0.25, -0.2) is 9.69 Å². The van der Waals surface area contributed by atoms with E-state index in [2.05, 4.69) is 14.9 Å². The molecule has 1 aliphatic rings. The van der Waals surface area contributed by atoms with Crippen molar-refractivity contribution in [3.63, 3.8) is 0 Å². The summed E-state index contributed by atoms with van der Waals surface area (Å²) >= 11 is 1.12. The van der Waals surface area contributed by atoms with Crippen LogP contribution in [0.4, 0.5) is 9.80 Å². The second-order valence-electron chi connectivity index (χ2n) is 3.34. The van der Waals surface area contributed by atoms with Crippen LogP contribution in [0.15, 0.2) is 0 Å². The Morgan fingerprint density at radius 3 is 2.53 bits per heavy atom. The molecule has 1 saturated heterocycles. The third kappa shape index (κ3) is 1.73. The van der Waals surface area contributed by atoms with Gasteiger partial charge < -0.3 is 5.32 Å². The van der Waals surface area contributed by atoms with Gasteiger partial charge in [0.2, 0.25) is 0 Å². The van der Waals surface area contributed by atoms with Crippen molar-refractivity contribution in [2.75, 3.05) is 19.4 Å². The third-order valence-electron chi connectivity index (χ3n) is 2.34. The molecule has 0 radical (unpaired) electrons. The Morgan fingerprint density at radius 1 is 1.29 bits per heavy atom. The minimum atomic E-state index is -0.840. The van der Waals surface area contributed by atoms with E-state index in [4.69, 9.17) is 0 Å². The molecular formula is C8H9N5O3S. The number of amides is 4. The van der Waals surface area contributed by atoms with Crippen LogP contribution in [0.3, 0.4) is 0 Å². The Labute approximate surface area is 100 Å². The summed E-state index contributed by atoms with van der Waals surface area (Å²) < 4.78 is 3.70. The molecule has 90 valence electrons. The molecule has 1 aromatic rings. The van der Waals surface area contributed by atoms with E-state index in [9.17, 15) is 14.4 Å². The molecule has 2 heterocycles. The maximum absolute atomic E-state index is 11.6. The van der Waals surface area contributed by atoms with E-state index in [1.54, 1.807) is 7.05 Å². The van der Waals surface area contributed by atoms with Gasteiger partial charge in [0.05, 0.1) is 6.54 Å². The number of imide groups is 2. The lowest BCUT2D eigenvalue weighted by molar-refractivity contribution is -0.143. The molecule has 0 aromatic carbocycles. The lowest BCUT2D eigenvalue weighted by Gasteiger charge is -2.11. The van der Waals surface area contributed by atoms with Crippen LogP contribution in [0.5, 0.6) is 0 Å². The number of anilines is 1. The van der Waals surface area contributed by atoms with Crippen LogP contribution in [0, 0.1) is 0 Å². The largest absolute Gasteiger partial charge is 0.377 e. The molecule has 1 N–H and O–H groups in total. The summed E-state index contributed by atoms with van der Waals surface area (Å²) in [5.41, 5.74) is 0.460. The van der Waals surface area contributed by atoms with Crippen molar-refractivity contribution in [3.8, 4) is 0 Å². The molecular weight excluding hydrogens is 246 g/mol. The van der Waals surface area contributed by atoms with Crippen LogP contribution in [-0.2, 0) is 16.1 Å². The fraction of sp³-hybridized carbons (Fsp3) is 0.375. The quantitative estimate of drug-likeness (QED) is 0.578. The van der Waals surface area contributed by atoms with E-state index >= 15 is 0 Å². The second kappa shape index (κ2) is 4.09. The lowest BCUT2D eigenvalue weighted by atomic mass is 10.4. The van der Waals surface area contributed by atoms with Crippen molar-refractivity contribution < 1.29 is 14.4 Å². The number of likely N-dealkylation sites (N-methyl/N-ethyl adjacent to an activating group) is 1. The molecule has 1 aliphatic heterocycles. The molecule has 9 heteroatoms. The smallest absolute Gasteiger partial charge is 0.334 e. The van der Waals surface area contributed by atoms with E-state index < -0.39 is 17.8 Å². The Bertz CT molecular complexity index is 499.